The lowest BCUT2D eigenvalue weighted by Crippen LogP contribution is -2.24. The number of hydrogen-bond donors (Lipinski definition) is 2. The fourth-order valence-electron chi connectivity index (χ4n) is 1.78. The molecule has 1 rings (SSSR count). The van der Waals surface area contributed by atoms with Crippen LogP contribution < -0.4 is 5.32 Å². The minimum absolute atomic E-state index is 0.210. The van der Waals surface area contributed by atoms with Gasteiger partial charge in [0.2, 0.25) is 5.88 Å². The van der Waals surface area contributed by atoms with E-state index in [-0.39, 0.29) is 17.4 Å². The van der Waals surface area contributed by atoms with Crippen LogP contribution >= 0.6 is 0 Å². The number of pyridine rings is 1. The number of unbranched alkanes of at least 4 members (excludes halogenated alkanes) is 5. The van der Waals surface area contributed by atoms with Crippen LogP contribution in [0, 0.1) is 0 Å². The molecule has 0 saturated carbocycles. The van der Waals surface area contributed by atoms with Gasteiger partial charge in [0.1, 0.15) is 5.56 Å². The molecule has 0 fully saturated rings. The van der Waals surface area contributed by atoms with Gasteiger partial charge >= 0.3 is 0 Å². The maximum Gasteiger partial charge on any atom is 0.256 e. The second kappa shape index (κ2) is 8.50. The maximum absolute atomic E-state index is 11.7. The third kappa shape index (κ3) is 5.17. The molecule has 1 amide bonds. The smallest absolute Gasteiger partial charge is 0.256 e. The highest BCUT2D eigenvalue weighted by Crippen LogP contribution is 2.11. The molecular formula is C14H22N2O2. The first-order chi connectivity index (χ1) is 8.75. The Bertz CT molecular complexity index is 367. The van der Waals surface area contributed by atoms with Crippen LogP contribution in [0.15, 0.2) is 18.3 Å². The van der Waals surface area contributed by atoms with Gasteiger partial charge in [-0.1, -0.05) is 39.0 Å². The molecule has 0 spiro atoms. The van der Waals surface area contributed by atoms with Crippen molar-refractivity contribution < 1.29 is 9.90 Å². The van der Waals surface area contributed by atoms with Crippen LogP contribution in [0.2, 0.25) is 0 Å². The van der Waals surface area contributed by atoms with E-state index in [0.29, 0.717) is 6.54 Å². The Morgan fingerprint density at radius 3 is 2.72 bits per heavy atom. The summed E-state index contributed by atoms with van der Waals surface area (Å²) in [5, 5.41) is 12.2. The Morgan fingerprint density at radius 1 is 1.28 bits per heavy atom. The number of amides is 1. The molecule has 0 unspecified atom stereocenters. The number of aromatic hydroxyl groups is 1. The average molecular weight is 250 g/mol. The summed E-state index contributed by atoms with van der Waals surface area (Å²) in [6, 6.07) is 3.21. The molecule has 0 bridgehead atoms. The van der Waals surface area contributed by atoms with Crippen molar-refractivity contribution in [3.05, 3.63) is 23.9 Å². The third-order valence-electron chi connectivity index (χ3n) is 2.85. The molecule has 0 saturated heterocycles. The zero-order valence-corrected chi connectivity index (χ0v) is 11.0. The van der Waals surface area contributed by atoms with Crippen molar-refractivity contribution in [3.8, 4) is 5.88 Å². The number of nitrogens with one attached hydrogen (secondary N) is 1. The summed E-state index contributed by atoms with van der Waals surface area (Å²) in [6.07, 6.45) is 8.61. The Morgan fingerprint density at radius 2 is 2.00 bits per heavy atom. The Balaban J connectivity index is 2.16. The van der Waals surface area contributed by atoms with Crippen LogP contribution in [-0.2, 0) is 0 Å². The number of nitrogens with zero attached hydrogens (tertiary/aromatic N) is 1. The molecule has 1 aromatic heterocycles. The first kappa shape index (κ1) is 14.5. The number of aromatic nitrogens is 1. The number of carbonyl (C=O) groups is 1. The first-order valence-electron chi connectivity index (χ1n) is 6.68. The fourth-order valence-corrected chi connectivity index (χ4v) is 1.78. The van der Waals surface area contributed by atoms with E-state index >= 15 is 0 Å². The predicted molar refractivity (Wildman–Crippen MR) is 71.6 cm³/mol. The Kier molecular flexibility index (Phi) is 6.84. The molecule has 100 valence electrons. The van der Waals surface area contributed by atoms with E-state index in [1.165, 1.54) is 31.9 Å². The number of carbonyl (C=O) groups excluding carboxylic acids is 1. The van der Waals surface area contributed by atoms with Gasteiger partial charge in [-0.3, -0.25) is 4.79 Å². The highest BCUT2D eigenvalue weighted by atomic mass is 16.3. The Labute approximate surface area is 108 Å². The number of rotatable bonds is 8. The maximum atomic E-state index is 11.7. The molecule has 0 radical (unpaired) electrons. The molecule has 0 aromatic carbocycles. The standard InChI is InChI=1S/C14H22N2O2/c1-2-3-4-5-6-7-10-15-13(17)12-9-8-11-16-14(12)18/h8-9,11H,2-7,10H2,1H3,(H,15,17)(H,16,18). The molecular weight excluding hydrogens is 228 g/mol. The van der Waals surface area contributed by atoms with Gasteiger partial charge < -0.3 is 10.4 Å². The zero-order chi connectivity index (χ0) is 13.2. The van der Waals surface area contributed by atoms with Gasteiger partial charge in [-0.2, -0.15) is 0 Å². The van der Waals surface area contributed by atoms with E-state index in [2.05, 4.69) is 17.2 Å². The van der Waals surface area contributed by atoms with Crippen molar-refractivity contribution in [1.29, 1.82) is 0 Å². The molecule has 18 heavy (non-hydrogen) atoms. The van der Waals surface area contributed by atoms with Crippen molar-refractivity contribution in [2.75, 3.05) is 6.54 Å². The van der Waals surface area contributed by atoms with E-state index < -0.39 is 0 Å². The van der Waals surface area contributed by atoms with Gasteiger partial charge in [-0.15, -0.1) is 0 Å². The molecule has 0 aliphatic carbocycles. The van der Waals surface area contributed by atoms with Gasteiger partial charge in [0.05, 0.1) is 0 Å². The van der Waals surface area contributed by atoms with Crippen LogP contribution in [0.4, 0.5) is 0 Å². The predicted octanol–water partition coefficient (Wildman–Crippen LogP) is 2.88. The van der Waals surface area contributed by atoms with Gasteiger partial charge in [-0.25, -0.2) is 4.98 Å². The zero-order valence-electron chi connectivity index (χ0n) is 11.0. The lowest BCUT2D eigenvalue weighted by molar-refractivity contribution is 0.0949. The van der Waals surface area contributed by atoms with Gasteiger partial charge in [-0.05, 0) is 18.6 Å². The lowest BCUT2D eigenvalue weighted by atomic mass is 10.1. The summed E-state index contributed by atoms with van der Waals surface area (Å²) in [6.45, 7) is 2.85. The fraction of sp³-hybridized carbons (Fsp3) is 0.571. The van der Waals surface area contributed by atoms with E-state index in [1.807, 2.05) is 0 Å². The highest BCUT2D eigenvalue weighted by Gasteiger charge is 2.09. The van der Waals surface area contributed by atoms with Crippen LogP contribution in [0.3, 0.4) is 0 Å². The topological polar surface area (TPSA) is 62.2 Å². The largest absolute Gasteiger partial charge is 0.493 e. The van der Waals surface area contributed by atoms with E-state index in [0.717, 1.165) is 12.8 Å². The lowest BCUT2D eigenvalue weighted by Gasteiger charge is -2.05. The quantitative estimate of drug-likeness (QED) is 0.697. The average Bonchev–Trinajstić information content (AvgIpc) is 2.38. The second-order valence-electron chi connectivity index (χ2n) is 4.40. The molecule has 4 nitrogen and oxygen atoms in total. The molecule has 1 aromatic rings. The molecule has 2 N–H and O–H groups in total. The van der Waals surface area contributed by atoms with Crippen LogP contribution in [-0.4, -0.2) is 22.5 Å². The summed E-state index contributed by atoms with van der Waals surface area (Å²) in [7, 11) is 0. The molecule has 4 heteroatoms. The Hall–Kier alpha value is -1.58. The van der Waals surface area contributed by atoms with E-state index in [4.69, 9.17) is 0 Å². The summed E-state index contributed by atoms with van der Waals surface area (Å²) in [4.78, 5) is 15.4. The molecule has 1 heterocycles. The summed E-state index contributed by atoms with van der Waals surface area (Å²) in [5.41, 5.74) is 0.239. The minimum atomic E-state index is -0.255. The van der Waals surface area contributed by atoms with Gasteiger partial charge in [0.15, 0.2) is 0 Å². The van der Waals surface area contributed by atoms with Crippen molar-refractivity contribution in [1.82, 2.24) is 10.3 Å². The van der Waals surface area contributed by atoms with Crippen LogP contribution in [0.1, 0.15) is 55.8 Å². The minimum Gasteiger partial charge on any atom is -0.493 e. The molecule has 0 atom stereocenters. The second-order valence-corrected chi connectivity index (χ2v) is 4.40. The first-order valence-corrected chi connectivity index (χ1v) is 6.68. The molecule has 0 aliphatic heterocycles. The van der Waals surface area contributed by atoms with Gasteiger partial charge in [0.25, 0.3) is 5.91 Å². The molecule has 0 aliphatic rings. The summed E-state index contributed by atoms with van der Waals surface area (Å²) >= 11 is 0. The van der Waals surface area contributed by atoms with Crippen molar-refractivity contribution in [3.63, 3.8) is 0 Å². The SMILES string of the molecule is CCCCCCCCNC(=O)c1cccnc1O. The van der Waals surface area contributed by atoms with Crippen molar-refractivity contribution in [2.24, 2.45) is 0 Å². The van der Waals surface area contributed by atoms with Crippen LogP contribution in [0.5, 0.6) is 5.88 Å². The van der Waals surface area contributed by atoms with E-state index in [1.54, 1.807) is 12.1 Å². The third-order valence-corrected chi connectivity index (χ3v) is 2.85. The monoisotopic (exact) mass is 250 g/mol. The summed E-state index contributed by atoms with van der Waals surface area (Å²) < 4.78 is 0. The summed E-state index contributed by atoms with van der Waals surface area (Å²) in [5.74, 6) is -0.466. The van der Waals surface area contributed by atoms with Crippen molar-refractivity contribution in [2.45, 2.75) is 45.4 Å². The normalized spacial score (nSPS) is 10.3. The van der Waals surface area contributed by atoms with E-state index in [9.17, 15) is 9.90 Å². The van der Waals surface area contributed by atoms with Gasteiger partial charge in [0, 0.05) is 12.7 Å². The van der Waals surface area contributed by atoms with Crippen LogP contribution in [0.25, 0.3) is 0 Å². The highest BCUT2D eigenvalue weighted by molar-refractivity contribution is 5.96. The van der Waals surface area contributed by atoms with Crippen molar-refractivity contribution >= 4 is 5.91 Å². The number of hydrogen-bond acceptors (Lipinski definition) is 3.